The Morgan fingerprint density at radius 2 is 2.17 bits per heavy atom. The zero-order chi connectivity index (χ0) is 13.5. The van der Waals surface area contributed by atoms with E-state index in [9.17, 15) is 14.4 Å². The Labute approximate surface area is 107 Å². The van der Waals surface area contributed by atoms with Gasteiger partial charge in [-0.1, -0.05) is 0 Å². The minimum absolute atomic E-state index is 0.0449. The van der Waals surface area contributed by atoms with Gasteiger partial charge in [-0.15, -0.1) is 11.8 Å². The fourth-order valence-electron chi connectivity index (χ4n) is 1.11. The van der Waals surface area contributed by atoms with Crippen LogP contribution in [0.15, 0.2) is 23.4 Å². The highest BCUT2D eigenvalue weighted by Crippen LogP contribution is 2.20. The molecule has 1 aromatic rings. The standard InChI is InChI=1S/C10H11N3O4S/c11-10(17)13-7(14)3-5-18-8-6(9(15)16)2-1-4-12-8/h1-2,4H,3,5H2,(H,15,16)(H3,11,13,14,17). The summed E-state index contributed by atoms with van der Waals surface area (Å²) in [7, 11) is 0. The van der Waals surface area contributed by atoms with Crippen molar-refractivity contribution < 1.29 is 19.5 Å². The summed E-state index contributed by atoms with van der Waals surface area (Å²) >= 11 is 1.13. The number of imide groups is 1. The smallest absolute Gasteiger partial charge is 0.338 e. The molecule has 0 saturated heterocycles. The van der Waals surface area contributed by atoms with Crippen molar-refractivity contribution in [1.82, 2.24) is 10.3 Å². The number of thioether (sulfide) groups is 1. The van der Waals surface area contributed by atoms with Gasteiger partial charge in [0.05, 0.1) is 5.56 Å². The highest BCUT2D eigenvalue weighted by molar-refractivity contribution is 7.99. The minimum atomic E-state index is -1.08. The van der Waals surface area contributed by atoms with E-state index in [0.29, 0.717) is 10.8 Å². The van der Waals surface area contributed by atoms with Gasteiger partial charge in [0.25, 0.3) is 0 Å². The van der Waals surface area contributed by atoms with Crippen LogP contribution in [0.4, 0.5) is 4.79 Å². The summed E-state index contributed by atoms with van der Waals surface area (Å²) in [5.41, 5.74) is 4.85. The molecule has 96 valence electrons. The Kier molecular flexibility index (Phi) is 5.12. The zero-order valence-corrected chi connectivity index (χ0v) is 10.1. The second-order valence-corrected chi connectivity index (χ2v) is 4.26. The van der Waals surface area contributed by atoms with Gasteiger partial charge in [0.2, 0.25) is 5.91 Å². The molecule has 0 saturated carbocycles. The predicted octanol–water partition coefficient (Wildman–Crippen LogP) is 0.457. The lowest BCUT2D eigenvalue weighted by Gasteiger charge is -2.04. The monoisotopic (exact) mass is 269 g/mol. The van der Waals surface area contributed by atoms with Crippen molar-refractivity contribution in [2.24, 2.45) is 5.73 Å². The number of pyridine rings is 1. The number of urea groups is 1. The summed E-state index contributed by atoms with van der Waals surface area (Å²) in [4.78, 5) is 36.3. The summed E-state index contributed by atoms with van der Waals surface area (Å²) in [6, 6.07) is 2.04. The second kappa shape index (κ2) is 6.60. The first-order valence-electron chi connectivity index (χ1n) is 4.91. The number of carboxylic acids is 1. The Hall–Kier alpha value is -2.09. The number of carbonyl (C=O) groups is 3. The van der Waals surface area contributed by atoms with Crippen molar-refractivity contribution in [3.63, 3.8) is 0 Å². The lowest BCUT2D eigenvalue weighted by molar-refractivity contribution is -0.119. The molecule has 0 unspecified atom stereocenters. The topological polar surface area (TPSA) is 122 Å². The average molecular weight is 269 g/mol. The minimum Gasteiger partial charge on any atom is -0.478 e. The molecule has 1 aromatic heterocycles. The molecule has 18 heavy (non-hydrogen) atoms. The quantitative estimate of drug-likeness (QED) is 0.667. The van der Waals surface area contributed by atoms with E-state index in [1.807, 2.05) is 5.32 Å². The molecule has 0 aliphatic heterocycles. The molecule has 0 aromatic carbocycles. The van der Waals surface area contributed by atoms with Gasteiger partial charge < -0.3 is 10.8 Å². The second-order valence-electron chi connectivity index (χ2n) is 3.17. The van der Waals surface area contributed by atoms with Crippen LogP contribution in [0.2, 0.25) is 0 Å². The zero-order valence-electron chi connectivity index (χ0n) is 9.25. The predicted molar refractivity (Wildman–Crippen MR) is 64.3 cm³/mol. The molecule has 0 aliphatic carbocycles. The fourth-order valence-corrected chi connectivity index (χ4v) is 2.04. The van der Waals surface area contributed by atoms with E-state index in [2.05, 4.69) is 4.98 Å². The van der Waals surface area contributed by atoms with Crippen LogP contribution in [0.1, 0.15) is 16.8 Å². The normalized spacial score (nSPS) is 9.78. The van der Waals surface area contributed by atoms with Crippen LogP contribution < -0.4 is 11.1 Å². The number of aromatic carboxylic acids is 1. The molecule has 0 aliphatic rings. The SMILES string of the molecule is NC(=O)NC(=O)CCSc1ncccc1C(=O)O. The first kappa shape index (κ1) is 14.0. The van der Waals surface area contributed by atoms with Gasteiger partial charge >= 0.3 is 12.0 Å². The molecule has 3 amide bonds. The van der Waals surface area contributed by atoms with Crippen molar-refractivity contribution in [3.8, 4) is 0 Å². The highest BCUT2D eigenvalue weighted by atomic mass is 32.2. The molecular weight excluding hydrogens is 258 g/mol. The third kappa shape index (κ3) is 4.42. The van der Waals surface area contributed by atoms with Crippen molar-refractivity contribution in [2.45, 2.75) is 11.4 Å². The number of nitrogens with zero attached hydrogens (tertiary/aromatic N) is 1. The lowest BCUT2D eigenvalue weighted by atomic mass is 10.3. The van der Waals surface area contributed by atoms with E-state index in [-0.39, 0.29) is 12.0 Å². The van der Waals surface area contributed by atoms with E-state index in [1.165, 1.54) is 18.3 Å². The molecule has 0 radical (unpaired) electrons. The number of rotatable bonds is 5. The third-order valence-corrected chi connectivity index (χ3v) is 2.84. The van der Waals surface area contributed by atoms with Gasteiger partial charge in [-0.2, -0.15) is 0 Å². The molecule has 0 atom stereocenters. The van der Waals surface area contributed by atoms with E-state index in [0.717, 1.165) is 11.8 Å². The van der Waals surface area contributed by atoms with E-state index >= 15 is 0 Å². The first-order chi connectivity index (χ1) is 8.50. The van der Waals surface area contributed by atoms with Gasteiger partial charge in [-0.25, -0.2) is 14.6 Å². The number of hydrogen-bond donors (Lipinski definition) is 3. The van der Waals surface area contributed by atoms with Gasteiger partial charge in [-0.05, 0) is 12.1 Å². The van der Waals surface area contributed by atoms with Crippen LogP contribution in [0, 0.1) is 0 Å². The van der Waals surface area contributed by atoms with E-state index < -0.39 is 17.9 Å². The maximum Gasteiger partial charge on any atom is 0.338 e. The Bertz CT molecular complexity index is 478. The molecular formula is C10H11N3O4S. The van der Waals surface area contributed by atoms with E-state index in [4.69, 9.17) is 10.8 Å². The average Bonchev–Trinajstić information content (AvgIpc) is 2.28. The number of nitrogens with two attached hydrogens (primary N) is 1. The Morgan fingerprint density at radius 1 is 1.44 bits per heavy atom. The molecule has 1 rings (SSSR count). The number of nitrogens with one attached hydrogen (secondary N) is 1. The highest BCUT2D eigenvalue weighted by Gasteiger charge is 2.11. The largest absolute Gasteiger partial charge is 0.478 e. The maximum absolute atomic E-state index is 11.1. The van der Waals surface area contributed by atoms with Crippen molar-refractivity contribution in [3.05, 3.63) is 23.9 Å². The van der Waals surface area contributed by atoms with Crippen LogP contribution in [-0.2, 0) is 4.79 Å². The van der Waals surface area contributed by atoms with Crippen molar-refractivity contribution in [1.29, 1.82) is 0 Å². The molecule has 8 heteroatoms. The Balaban J connectivity index is 2.51. The third-order valence-electron chi connectivity index (χ3n) is 1.83. The van der Waals surface area contributed by atoms with Gasteiger partial charge in [0.1, 0.15) is 5.03 Å². The van der Waals surface area contributed by atoms with Gasteiger partial charge in [-0.3, -0.25) is 10.1 Å². The van der Waals surface area contributed by atoms with Crippen LogP contribution in [0.25, 0.3) is 0 Å². The van der Waals surface area contributed by atoms with E-state index in [1.54, 1.807) is 0 Å². The number of carboxylic acid groups (broad SMARTS) is 1. The molecule has 7 nitrogen and oxygen atoms in total. The van der Waals surface area contributed by atoms with Crippen LogP contribution >= 0.6 is 11.8 Å². The number of aromatic nitrogens is 1. The maximum atomic E-state index is 11.1. The number of carbonyl (C=O) groups excluding carboxylic acids is 2. The molecule has 0 bridgehead atoms. The number of primary amides is 1. The van der Waals surface area contributed by atoms with Crippen LogP contribution in [-0.4, -0.2) is 33.8 Å². The van der Waals surface area contributed by atoms with Crippen LogP contribution in [0.5, 0.6) is 0 Å². The van der Waals surface area contributed by atoms with Gasteiger partial charge in [0, 0.05) is 18.4 Å². The summed E-state index contributed by atoms with van der Waals surface area (Å²) in [5, 5.41) is 11.1. The van der Waals surface area contributed by atoms with Gasteiger partial charge in [0.15, 0.2) is 0 Å². The molecule has 0 fully saturated rings. The molecule has 1 heterocycles. The summed E-state index contributed by atoms with van der Waals surface area (Å²) < 4.78 is 0. The molecule has 4 N–H and O–H groups in total. The lowest BCUT2D eigenvalue weighted by Crippen LogP contribution is -2.35. The summed E-state index contributed by atoms with van der Waals surface area (Å²) in [6.07, 6.45) is 1.52. The number of hydrogen-bond acceptors (Lipinski definition) is 5. The first-order valence-corrected chi connectivity index (χ1v) is 5.89. The van der Waals surface area contributed by atoms with Crippen molar-refractivity contribution in [2.75, 3.05) is 5.75 Å². The summed E-state index contributed by atoms with van der Waals surface area (Å²) in [6.45, 7) is 0. The Morgan fingerprint density at radius 3 is 2.78 bits per heavy atom. The number of amides is 3. The fraction of sp³-hybridized carbons (Fsp3) is 0.200. The van der Waals surface area contributed by atoms with Crippen molar-refractivity contribution >= 4 is 29.7 Å². The van der Waals surface area contributed by atoms with Crippen LogP contribution in [0.3, 0.4) is 0 Å². The summed E-state index contributed by atoms with van der Waals surface area (Å²) in [5.74, 6) is -1.29. The molecule has 0 spiro atoms.